The fourth-order valence-electron chi connectivity index (χ4n) is 2.28. The molecule has 1 aliphatic carbocycles. The van der Waals surface area contributed by atoms with E-state index in [2.05, 4.69) is 5.32 Å². The van der Waals surface area contributed by atoms with Crippen LogP contribution in [0.3, 0.4) is 0 Å². The van der Waals surface area contributed by atoms with Crippen LogP contribution in [0.1, 0.15) is 35.2 Å². The van der Waals surface area contributed by atoms with E-state index in [0.717, 1.165) is 12.8 Å². The van der Waals surface area contributed by atoms with Gasteiger partial charge in [-0.25, -0.2) is 0 Å². The molecule has 7 nitrogen and oxygen atoms in total. The molecule has 0 bridgehead atoms. The van der Waals surface area contributed by atoms with E-state index in [-0.39, 0.29) is 24.1 Å². The molecule has 0 aliphatic heterocycles. The average molecular weight is 292 g/mol. The molecule has 1 saturated carbocycles. The summed E-state index contributed by atoms with van der Waals surface area (Å²) in [5.74, 6) is -1.14. The zero-order valence-corrected chi connectivity index (χ0v) is 11.5. The minimum Gasteiger partial charge on any atom is -0.481 e. The predicted molar refractivity (Wildman–Crippen MR) is 74.1 cm³/mol. The Morgan fingerprint density at radius 3 is 2.62 bits per heavy atom. The number of benzene rings is 1. The molecule has 1 unspecified atom stereocenters. The number of carboxylic acid groups (broad SMARTS) is 1. The highest BCUT2D eigenvalue weighted by Crippen LogP contribution is 2.34. The zero-order valence-electron chi connectivity index (χ0n) is 11.5. The molecule has 2 N–H and O–H groups in total. The molecule has 112 valence electrons. The number of aliphatic carboxylic acids is 1. The number of carbonyl (C=O) groups is 2. The minimum atomic E-state index is -0.952. The highest BCUT2D eigenvalue weighted by atomic mass is 16.6. The lowest BCUT2D eigenvalue weighted by Gasteiger charge is -2.16. The number of nitrogens with zero attached hydrogens (tertiary/aromatic N) is 1. The van der Waals surface area contributed by atoms with Gasteiger partial charge in [0.1, 0.15) is 0 Å². The van der Waals surface area contributed by atoms with Gasteiger partial charge in [-0.1, -0.05) is 0 Å². The second-order valence-corrected chi connectivity index (χ2v) is 5.27. The van der Waals surface area contributed by atoms with E-state index in [1.54, 1.807) is 6.92 Å². The lowest BCUT2D eigenvalue weighted by molar-refractivity contribution is -0.385. The van der Waals surface area contributed by atoms with Crippen LogP contribution in [0.4, 0.5) is 5.69 Å². The van der Waals surface area contributed by atoms with Crippen LogP contribution >= 0.6 is 0 Å². The minimum absolute atomic E-state index is 0.0455. The molecule has 21 heavy (non-hydrogen) atoms. The number of aryl methyl sites for hydroxylation is 1. The third-order valence-corrected chi connectivity index (χ3v) is 3.56. The number of hydrogen-bond acceptors (Lipinski definition) is 4. The van der Waals surface area contributed by atoms with E-state index in [1.165, 1.54) is 18.2 Å². The molecule has 1 atom stereocenters. The maximum atomic E-state index is 12.1. The first-order valence-electron chi connectivity index (χ1n) is 6.66. The van der Waals surface area contributed by atoms with E-state index in [1.807, 2.05) is 0 Å². The van der Waals surface area contributed by atoms with Crippen molar-refractivity contribution in [1.82, 2.24) is 5.32 Å². The van der Waals surface area contributed by atoms with Crippen molar-refractivity contribution >= 4 is 17.6 Å². The molecule has 1 fully saturated rings. The molecule has 1 aliphatic rings. The molecule has 0 heterocycles. The number of carbonyl (C=O) groups excluding carboxylic acids is 1. The summed E-state index contributed by atoms with van der Waals surface area (Å²) >= 11 is 0. The predicted octanol–water partition coefficient (Wildman–Crippen LogP) is 1.89. The van der Waals surface area contributed by atoms with Gasteiger partial charge in [0.2, 0.25) is 0 Å². The average Bonchev–Trinajstić information content (AvgIpc) is 3.20. The summed E-state index contributed by atoms with van der Waals surface area (Å²) in [5, 5.41) is 22.3. The lowest BCUT2D eigenvalue weighted by atomic mass is 10.1. The highest BCUT2D eigenvalue weighted by Gasteiger charge is 2.34. The Hall–Kier alpha value is -2.44. The van der Waals surface area contributed by atoms with Gasteiger partial charge in [0.25, 0.3) is 11.6 Å². The van der Waals surface area contributed by atoms with Crippen molar-refractivity contribution in [2.24, 2.45) is 5.92 Å². The maximum Gasteiger partial charge on any atom is 0.305 e. The van der Waals surface area contributed by atoms with Crippen LogP contribution in [0.15, 0.2) is 18.2 Å². The van der Waals surface area contributed by atoms with Crippen LogP contribution in [0.5, 0.6) is 0 Å². The van der Waals surface area contributed by atoms with Gasteiger partial charge in [0.15, 0.2) is 0 Å². The van der Waals surface area contributed by atoms with Crippen molar-refractivity contribution < 1.29 is 19.6 Å². The summed E-state index contributed by atoms with van der Waals surface area (Å²) in [6, 6.07) is 3.72. The molecule has 1 amide bonds. The fraction of sp³-hybridized carbons (Fsp3) is 0.429. The third kappa shape index (κ3) is 3.77. The Labute approximate surface area is 121 Å². The number of nitrogens with one attached hydrogen (secondary N) is 1. The summed E-state index contributed by atoms with van der Waals surface area (Å²) in [4.78, 5) is 33.2. The Kier molecular flexibility index (Phi) is 4.21. The lowest BCUT2D eigenvalue weighted by Crippen LogP contribution is -2.38. The molecular weight excluding hydrogens is 276 g/mol. The van der Waals surface area contributed by atoms with Gasteiger partial charge in [-0.3, -0.25) is 19.7 Å². The van der Waals surface area contributed by atoms with E-state index in [4.69, 9.17) is 5.11 Å². The first-order chi connectivity index (χ1) is 9.88. The van der Waals surface area contributed by atoms with Crippen LogP contribution in [0.25, 0.3) is 0 Å². The van der Waals surface area contributed by atoms with Gasteiger partial charge in [-0.2, -0.15) is 0 Å². The van der Waals surface area contributed by atoms with Gasteiger partial charge < -0.3 is 10.4 Å². The monoisotopic (exact) mass is 292 g/mol. The Morgan fingerprint density at radius 1 is 1.48 bits per heavy atom. The first kappa shape index (κ1) is 15.0. The first-order valence-corrected chi connectivity index (χ1v) is 6.66. The van der Waals surface area contributed by atoms with Crippen LogP contribution in [-0.2, 0) is 4.79 Å². The van der Waals surface area contributed by atoms with Crippen molar-refractivity contribution in [2.75, 3.05) is 0 Å². The smallest absolute Gasteiger partial charge is 0.305 e. The van der Waals surface area contributed by atoms with Gasteiger partial charge in [0.05, 0.1) is 11.3 Å². The molecule has 0 aromatic heterocycles. The Balaban J connectivity index is 2.10. The zero-order chi connectivity index (χ0) is 15.6. The van der Waals surface area contributed by atoms with Crippen molar-refractivity contribution in [1.29, 1.82) is 0 Å². The van der Waals surface area contributed by atoms with Crippen molar-refractivity contribution in [2.45, 2.75) is 32.2 Å². The molecule has 7 heteroatoms. The molecule has 0 radical (unpaired) electrons. The SMILES string of the molecule is Cc1cc(C(=O)NC(CC(=O)O)C2CC2)ccc1[N+](=O)[O-]. The van der Waals surface area contributed by atoms with E-state index in [0.29, 0.717) is 11.1 Å². The summed E-state index contributed by atoms with van der Waals surface area (Å²) in [7, 11) is 0. The van der Waals surface area contributed by atoms with Crippen molar-refractivity contribution in [3.05, 3.63) is 39.4 Å². The fourth-order valence-corrected chi connectivity index (χ4v) is 2.28. The number of hydrogen-bond donors (Lipinski definition) is 2. The number of rotatable bonds is 6. The van der Waals surface area contributed by atoms with Gasteiger partial charge in [-0.05, 0) is 37.8 Å². The summed E-state index contributed by atoms with van der Waals surface area (Å²) in [6.45, 7) is 1.56. The molecule has 1 aromatic carbocycles. The summed E-state index contributed by atoms with van der Waals surface area (Å²) in [5.41, 5.74) is 0.652. The molecule has 2 rings (SSSR count). The molecular formula is C14H16N2O5. The number of nitro benzene ring substituents is 1. The second kappa shape index (κ2) is 5.90. The van der Waals surface area contributed by atoms with Crippen LogP contribution in [0.2, 0.25) is 0 Å². The van der Waals surface area contributed by atoms with Gasteiger partial charge in [0, 0.05) is 23.2 Å². The van der Waals surface area contributed by atoms with Crippen LogP contribution < -0.4 is 5.32 Å². The summed E-state index contributed by atoms with van der Waals surface area (Å²) < 4.78 is 0. The van der Waals surface area contributed by atoms with Crippen LogP contribution in [-0.4, -0.2) is 27.9 Å². The standard InChI is InChI=1S/C14H16N2O5/c1-8-6-10(4-5-12(8)16(20)21)14(19)15-11(7-13(17)18)9-2-3-9/h4-6,9,11H,2-3,7H2,1H3,(H,15,19)(H,17,18). The highest BCUT2D eigenvalue weighted by molar-refractivity contribution is 5.95. The van der Waals surface area contributed by atoms with E-state index < -0.39 is 16.8 Å². The largest absolute Gasteiger partial charge is 0.481 e. The summed E-state index contributed by atoms with van der Waals surface area (Å²) in [6.07, 6.45) is 1.72. The van der Waals surface area contributed by atoms with Gasteiger partial charge in [-0.15, -0.1) is 0 Å². The Morgan fingerprint density at radius 2 is 2.14 bits per heavy atom. The Bertz CT molecular complexity index is 595. The molecule has 1 aromatic rings. The number of nitro groups is 1. The van der Waals surface area contributed by atoms with Gasteiger partial charge >= 0.3 is 5.97 Å². The number of carboxylic acids is 1. The van der Waals surface area contributed by atoms with Crippen LogP contribution in [0, 0.1) is 23.0 Å². The topological polar surface area (TPSA) is 110 Å². The normalized spacial score (nSPS) is 15.3. The number of amides is 1. The molecule has 0 saturated heterocycles. The quantitative estimate of drug-likeness (QED) is 0.614. The van der Waals surface area contributed by atoms with Crippen molar-refractivity contribution in [3.8, 4) is 0 Å². The third-order valence-electron chi connectivity index (χ3n) is 3.56. The van der Waals surface area contributed by atoms with E-state index >= 15 is 0 Å². The van der Waals surface area contributed by atoms with Crippen molar-refractivity contribution in [3.63, 3.8) is 0 Å². The second-order valence-electron chi connectivity index (χ2n) is 5.27. The maximum absolute atomic E-state index is 12.1. The molecule has 0 spiro atoms. The van der Waals surface area contributed by atoms with E-state index in [9.17, 15) is 19.7 Å².